The molecule has 12 atom stereocenters. The van der Waals surface area contributed by atoms with Crippen molar-refractivity contribution in [2.24, 2.45) is 5.73 Å². The first kappa shape index (κ1) is 64.3. The van der Waals surface area contributed by atoms with E-state index in [1.807, 2.05) is 0 Å². The van der Waals surface area contributed by atoms with Gasteiger partial charge in [-0.3, -0.25) is 39.4 Å². The molecule has 0 aliphatic carbocycles. The molecule has 9 N–H and O–H groups in total. The number of benzene rings is 3. The number of nitrogens with one attached hydrogen (secondary N) is 7. The van der Waals surface area contributed by atoms with E-state index < -0.39 is 138 Å². The van der Waals surface area contributed by atoms with Crippen LogP contribution >= 0.6 is 35.3 Å². The summed E-state index contributed by atoms with van der Waals surface area (Å²) in [5, 5.41) is 52.7. The summed E-state index contributed by atoms with van der Waals surface area (Å²) in [6, 6.07) is 11.1. The van der Waals surface area contributed by atoms with Gasteiger partial charge in [-0.15, -0.1) is 35.3 Å². The molecule has 4 saturated heterocycles. The summed E-state index contributed by atoms with van der Waals surface area (Å²) in [7, 11) is 0. The molecule has 27 heteroatoms. The molecule has 7 rings (SSSR count). The van der Waals surface area contributed by atoms with Crippen LogP contribution in [0.1, 0.15) is 76.4 Å². The van der Waals surface area contributed by atoms with Crippen molar-refractivity contribution in [3.8, 4) is 0 Å². The number of carbonyl (C=O) groups excluding carboxylic acids is 9. The molecule has 4 aliphatic heterocycles. The molecule has 6 amide bonds. The second kappa shape index (κ2) is 26.2. The van der Waals surface area contributed by atoms with Gasteiger partial charge in [0, 0.05) is 14.2 Å². The average molecular weight is 1110 g/mol. The maximum absolute atomic E-state index is 14.9. The van der Waals surface area contributed by atoms with E-state index in [2.05, 4.69) is 37.2 Å². The van der Waals surface area contributed by atoms with E-state index in [9.17, 15) is 58.5 Å². The van der Waals surface area contributed by atoms with Crippen LogP contribution in [0.15, 0.2) is 91.0 Å². The van der Waals surface area contributed by atoms with E-state index in [4.69, 9.17) is 5.73 Å². The van der Waals surface area contributed by atoms with Crippen molar-refractivity contribution < 1.29 is 147 Å². The summed E-state index contributed by atoms with van der Waals surface area (Å²) in [6.07, 6.45) is 0. The Bertz CT molecular complexity index is 2630. The zero-order chi connectivity index (χ0) is 52.6. The molecule has 75 heavy (non-hydrogen) atoms. The zero-order valence-electron chi connectivity index (χ0n) is 42.7. The van der Waals surface area contributed by atoms with Gasteiger partial charge in [0.1, 0.15) is 41.6 Å². The summed E-state index contributed by atoms with van der Waals surface area (Å²) in [6.45, 7) is 9.67. The number of carboxylic acid groups (broad SMARTS) is 3. The third-order valence-electron chi connectivity index (χ3n) is 12.9. The number of fused-ring (bicyclic) bond motifs is 1. The third kappa shape index (κ3) is 14.2. The minimum Gasteiger partial charge on any atom is -0.548 e. The molecule has 3 aromatic rings. The minimum absolute atomic E-state index is 0. The molecule has 384 valence electrons. The molecule has 0 aromatic heterocycles. The molecule has 3 aromatic carbocycles. The summed E-state index contributed by atoms with van der Waals surface area (Å²) < 4.78 is -3.17. The Kier molecular flexibility index (Phi) is 22.5. The number of β-lactam (4-membered cyclic amide) rings is 1. The quantitative estimate of drug-likeness (QED) is 0.0433. The van der Waals surface area contributed by atoms with Gasteiger partial charge < -0.3 is 66.9 Å². The Labute approximate surface area is 512 Å². The van der Waals surface area contributed by atoms with Gasteiger partial charge in [-0.25, -0.2) is 0 Å². The van der Waals surface area contributed by atoms with Gasteiger partial charge >= 0.3 is 88.7 Å². The standard InChI is InChI=1S/C48H57N9O12S3.3Na/c1-46(2)31(43(64)65)55-39(70-46)28(52-34(58)25(49)22-16-10-7-11-17-22)37(61)50-26(23-18-12-8-13-19-23)35(59)53-29(40-56-32(44(66)67)47(3,4)71-40)38(62)51-27(24-20-14-9-15-21-24)36(60)54-30-41(63)57-33(45(68)69)48(5,6)72-42(30)57;;;/h7-21,25-33,39-40,42,55-56H,49H2,1-6H3,(H,50,61)(H,51,62)(H,52,58)(H,53,59)(H,54,60)(H,64,65)(H,66,67)(H,68,69);;;/q;3*+1/p-3/t25-,26-,27-,28+,29-,30-,31+,32+,33+,39-,40-,42-;;;/m1.../s1. The Balaban J connectivity index is 0.00000406. The molecule has 0 unspecified atom stereocenters. The van der Waals surface area contributed by atoms with Gasteiger partial charge in [0.2, 0.25) is 35.4 Å². The number of aliphatic carboxylic acids is 3. The van der Waals surface area contributed by atoms with Crippen LogP contribution in [0.2, 0.25) is 0 Å². The zero-order valence-corrected chi connectivity index (χ0v) is 51.2. The van der Waals surface area contributed by atoms with Crippen molar-refractivity contribution in [1.82, 2.24) is 42.1 Å². The SMILES string of the molecule is CC1(C)S[C@@H]2[C@H](NC(=O)[C@H](NC(=O)[C@@H](NC(=O)[C@H](NC(=O)[C@H](NC(=O)[C@H](N)c3ccccc3)[C@@H]3N[C@@H](C(=O)[O-])C(C)(C)S3)c3ccccc3)[C@@H]3N[C@@H](C(=O)[O-])C(C)(C)S3)c3ccccc3)C(=O)N2[C@H]1C(=O)[O-].[Na+].[Na+].[Na+]. The van der Waals surface area contributed by atoms with Crippen molar-refractivity contribution >= 4 is 88.6 Å². The van der Waals surface area contributed by atoms with Gasteiger partial charge in [0.05, 0.1) is 46.8 Å². The molecule has 4 aliphatic rings. The number of amides is 6. The molecule has 21 nitrogen and oxygen atoms in total. The fourth-order valence-corrected chi connectivity index (χ4v) is 13.8. The molecule has 0 radical (unpaired) electrons. The summed E-state index contributed by atoms with van der Waals surface area (Å²) >= 11 is 3.17. The molecule has 4 fully saturated rings. The number of nitrogens with zero attached hydrogens (tertiary/aromatic N) is 1. The van der Waals surface area contributed by atoms with Crippen molar-refractivity contribution in [1.29, 1.82) is 0 Å². The predicted molar refractivity (Wildman–Crippen MR) is 260 cm³/mol. The Morgan fingerprint density at radius 2 is 0.920 bits per heavy atom. The molecule has 4 heterocycles. The van der Waals surface area contributed by atoms with Gasteiger partial charge in [-0.2, -0.15) is 0 Å². The van der Waals surface area contributed by atoms with Crippen LogP contribution in [0.5, 0.6) is 0 Å². The number of carbonyl (C=O) groups is 9. The van der Waals surface area contributed by atoms with Crippen LogP contribution in [0.4, 0.5) is 0 Å². The predicted octanol–water partition coefficient (Wildman–Crippen LogP) is -12.2. The number of carboxylic acids is 3. The van der Waals surface area contributed by atoms with Crippen molar-refractivity contribution in [3.05, 3.63) is 108 Å². The molecule has 0 bridgehead atoms. The number of rotatable bonds is 18. The average Bonchev–Trinajstić information content (AvgIpc) is 3.94. The number of nitrogens with two attached hydrogens (primary N) is 1. The van der Waals surface area contributed by atoms with Crippen LogP contribution in [0.25, 0.3) is 0 Å². The van der Waals surface area contributed by atoms with Crippen LogP contribution in [-0.2, 0) is 43.2 Å². The van der Waals surface area contributed by atoms with Crippen LogP contribution in [0, 0.1) is 0 Å². The van der Waals surface area contributed by atoms with E-state index in [1.54, 1.807) is 108 Å². The van der Waals surface area contributed by atoms with Crippen molar-refractivity contribution in [3.63, 3.8) is 0 Å². The smallest absolute Gasteiger partial charge is 0.548 e. The minimum atomic E-state index is -1.72. The second-order valence-corrected chi connectivity index (χ2v) is 24.6. The maximum atomic E-state index is 14.9. The maximum Gasteiger partial charge on any atom is 1.00 e. The fourth-order valence-electron chi connectivity index (χ4n) is 9.19. The first-order valence-corrected chi connectivity index (χ1v) is 25.4. The van der Waals surface area contributed by atoms with Gasteiger partial charge in [0.25, 0.3) is 0 Å². The van der Waals surface area contributed by atoms with E-state index >= 15 is 0 Å². The Morgan fingerprint density at radius 3 is 1.31 bits per heavy atom. The van der Waals surface area contributed by atoms with E-state index in [0.29, 0.717) is 5.56 Å². The van der Waals surface area contributed by atoms with E-state index in [1.165, 1.54) is 24.3 Å². The molecule has 0 saturated carbocycles. The third-order valence-corrected chi connectivity index (χ3v) is 17.5. The number of hydrogen-bond donors (Lipinski definition) is 8. The van der Waals surface area contributed by atoms with Crippen LogP contribution in [0.3, 0.4) is 0 Å². The second-order valence-electron chi connectivity index (χ2n) is 19.3. The van der Waals surface area contributed by atoms with Gasteiger partial charge in [-0.1, -0.05) is 91.0 Å². The first-order chi connectivity index (χ1) is 33.8. The summed E-state index contributed by atoms with van der Waals surface area (Å²) in [4.78, 5) is 124. The fraction of sp³-hybridized carbons (Fsp3) is 0.438. The normalized spacial score (nSPS) is 25.5. The van der Waals surface area contributed by atoms with Crippen molar-refractivity contribution in [2.75, 3.05) is 0 Å². The van der Waals surface area contributed by atoms with E-state index in [-0.39, 0.29) is 99.8 Å². The molecular formula is C48H54N9Na3O12S3. The topological polar surface area (TPSA) is 336 Å². The molecule has 0 spiro atoms. The van der Waals surface area contributed by atoms with Gasteiger partial charge in [-0.05, 0) is 58.2 Å². The Hall–Kier alpha value is -3.18. The number of thioether (sulfide) groups is 3. The Morgan fingerprint density at radius 1 is 0.533 bits per heavy atom. The summed E-state index contributed by atoms with van der Waals surface area (Å²) in [5.41, 5.74) is 7.15. The first-order valence-electron chi connectivity index (χ1n) is 22.8. The summed E-state index contributed by atoms with van der Waals surface area (Å²) in [5.74, 6) is -9.78. The van der Waals surface area contributed by atoms with Crippen LogP contribution < -0.4 is 147 Å². The molecular weight excluding hydrogens is 1060 g/mol. The van der Waals surface area contributed by atoms with Crippen molar-refractivity contribution in [2.45, 2.75) is 126 Å². The monoisotopic (exact) mass is 1110 g/mol. The van der Waals surface area contributed by atoms with Crippen LogP contribution in [-0.4, -0.2) is 125 Å². The largest absolute Gasteiger partial charge is 1.00 e. The van der Waals surface area contributed by atoms with E-state index in [0.717, 1.165) is 40.2 Å². The van der Waals surface area contributed by atoms with Gasteiger partial charge in [0.15, 0.2) is 0 Å². The number of hydrogen-bond acceptors (Lipinski definition) is 18.